The van der Waals surface area contributed by atoms with Crippen molar-refractivity contribution in [2.45, 2.75) is 34.6 Å². The predicted molar refractivity (Wildman–Crippen MR) is 133 cm³/mol. The van der Waals surface area contributed by atoms with Gasteiger partial charge in [0, 0.05) is 0 Å². The number of rotatable bonds is 5. The summed E-state index contributed by atoms with van der Waals surface area (Å²) in [6, 6.07) is 27.9. The standard InChI is InChI=1S/C25H30IP/c1-19(2)18-27(26,23-12-6-20(3)7-13-23,24-14-8-21(4)9-15-24)25-16-10-22(5)11-17-25/h6-17,19H,18H2,1-5H3. The topological polar surface area (TPSA) is 0 Å². The predicted octanol–water partition coefficient (Wildman–Crippen LogP) is 6.45. The van der Waals surface area contributed by atoms with E-state index in [1.54, 1.807) is 0 Å². The molecule has 0 bridgehead atoms. The number of hydrogen-bond acceptors (Lipinski definition) is 0. The zero-order valence-corrected chi connectivity index (χ0v) is 20.1. The Hall–Kier alpha value is -1.18. The fourth-order valence-corrected chi connectivity index (χ4v) is 14.5. The van der Waals surface area contributed by atoms with Crippen molar-refractivity contribution in [3.63, 3.8) is 0 Å². The van der Waals surface area contributed by atoms with Crippen molar-refractivity contribution in [1.29, 1.82) is 0 Å². The first-order valence-corrected chi connectivity index (χ1v) is 14.9. The van der Waals surface area contributed by atoms with Crippen molar-refractivity contribution < 1.29 is 0 Å². The van der Waals surface area contributed by atoms with Gasteiger partial charge in [0.1, 0.15) is 0 Å². The van der Waals surface area contributed by atoms with E-state index in [-0.39, 0.29) is 0 Å². The van der Waals surface area contributed by atoms with E-state index in [1.165, 1.54) is 38.8 Å². The van der Waals surface area contributed by atoms with E-state index in [2.05, 4.69) is 129 Å². The number of aryl methyl sites for hydroxylation is 3. The summed E-state index contributed by atoms with van der Waals surface area (Å²) < 4.78 is -2.60. The van der Waals surface area contributed by atoms with Gasteiger partial charge in [-0.2, -0.15) is 0 Å². The van der Waals surface area contributed by atoms with E-state index >= 15 is 0 Å². The van der Waals surface area contributed by atoms with Crippen molar-refractivity contribution in [2.24, 2.45) is 5.92 Å². The molecular weight excluding hydrogens is 458 g/mol. The average molecular weight is 488 g/mol. The van der Waals surface area contributed by atoms with Crippen molar-refractivity contribution in [3.8, 4) is 0 Å². The summed E-state index contributed by atoms with van der Waals surface area (Å²) >= 11 is 2.89. The van der Waals surface area contributed by atoms with Crippen molar-refractivity contribution in [2.75, 3.05) is 6.16 Å². The number of halogens is 1. The molecule has 0 aliphatic heterocycles. The Morgan fingerprint density at radius 1 is 0.593 bits per heavy atom. The van der Waals surface area contributed by atoms with Gasteiger partial charge in [-0.3, -0.25) is 0 Å². The molecule has 3 aromatic rings. The Morgan fingerprint density at radius 3 is 1.07 bits per heavy atom. The van der Waals surface area contributed by atoms with E-state index in [4.69, 9.17) is 0 Å². The number of benzene rings is 3. The average Bonchev–Trinajstić information content (AvgIpc) is 2.62. The molecule has 0 aliphatic carbocycles. The quantitative estimate of drug-likeness (QED) is 0.286. The van der Waals surface area contributed by atoms with Crippen LogP contribution in [0.1, 0.15) is 30.5 Å². The third-order valence-electron chi connectivity index (χ3n) is 5.43. The Labute approximate surface area is 177 Å². The minimum atomic E-state index is -2.60. The Morgan fingerprint density at radius 2 is 0.852 bits per heavy atom. The Balaban J connectivity index is 2.42. The van der Waals surface area contributed by atoms with Gasteiger partial charge in [0.2, 0.25) is 0 Å². The molecule has 3 rings (SSSR count). The summed E-state index contributed by atoms with van der Waals surface area (Å²) in [5.74, 6) is 0.600. The molecule has 0 saturated carbocycles. The SMILES string of the molecule is Cc1ccc(P(I)(CC(C)C)(c2ccc(C)cc2)c2ccc(C)cc2)cc1. The summed E-state index contributed by atoms with van der Waals surface area (Å²) in [5, 5.41) is 4.44. The van der Waals surface area contributed by atoms with E-state index in [0.29, 0.717) is 5.92 Å². The summed E-state index contributed by atoms with van der Waals surface area (Å²) in [7, 11) is 0. The maximum absolute atomic E-state index is 2.89. The Kier molecular flexibility index (Phi) is 5.85. The minimum absolute atomic E-state index is 0.600. The first-order chi connectivity index (χ1) is 12.7. The maximum atomic E-state index is 2.89. The van der Waals surface area contributed by atoms with Crippen LogP contribution in [0.5, 0.6) is 0 Å². The van der Waals surface area contributed by atoms with Crippen LogP contribution in [-0.2, 0) is 0 Å². The fraction of sp³-hybridized carbons (Fsp3) is 0.280. The van der Waals surface area contributed by atoms with Crippen LogP contribution in [0.3, 0.4) is 0 Å². The van der Waals surface area contributed by atoms with Crippen molar-refractivity contribution in [1.82, 2.24) is 0 Å². The van der Waals surface area contributed by atoms with Crippen LogP contribution in [0.4, 0.5) is 0 Å². The van der Waals surface area contributed by atoms with Gasteiger partial charge in [-0.1, -0.05) is 0 Å². The van der Waals surface area contributed by atoms with Crippen LogP contribution in [0.2, 0.25) is 0 Å². The first kappa shape index (κ1) is 20.6. The first-order valence-electron chi connectivity index (χ1n) is 9.68. The third-order valence-corrected chi connectivity index (χ3v) is 17.2. The molecule has 0 unspecified atom stereocenters. The van der Waals surface area contributed by atoms with Crippen molar-refractivity contribution >= 4 is 42.2 Å². The Bertz CT molecular complexity index is 792. The molecule has 0 nitrogen and oxygen atoms in total. The van der Waals surface area contributed by atoms with Gasteiger partial charge in [0.15, 0.2) is 0 Å². The van der Waals surface area contributed by atoms with Crippen LogP contribution < -0.4 is 15.9 Å². The fourth-order valence-electron chi connectivity index (χ4n) is 4.02. The monoisotopic (exact) mass is 488 g/mol. The third kappa shape index (κ3) is 3.74. The van der Waals surface area contributed by atoms with Gasteiger partial charge in [-0.15, -0.1) is 0 Å². The van der Waals surface area contributed by atoms with E-state index in [1.807, 2.05) is 0 Å². The molecular formula is C25H30IP. The molecule has 0 saturated heterocycles. The molecule has 0 heterocycles. The van der Waals surface area contributed by atoms with Crippen LogP contribution in [0, 0.1) is 26.7 Å². The second-order valence-corrected chi connectivity index (χ2v) is 18.9. The molecule has 0 amide bonds. The molecule has 27 heavy (non-hydrogen) atoms. The van der Waals surface area contributed by atoms with Gasteiger partial charge in [0.05, 0.1) is 0 Å². The van der Waals surface area contributed by atoms with Gasteiger partial charge in [-0.05, 0) is 0 Å². The van der Waals surface area contributed by atoms with Gasteiger partial charge < -0.3 is 0 Å². The van der Waals surface area contributed by atoms with Crippen LogP contribution >= 0.6 is 26.3 Å². The summed E-state index contributed by atoms with van der Waals surface area (Å²) in [6.07, 6.45) is 1.17. The second kappa shape index (κ2) is 7.68. The molecule has 0 spiro atoms. The number of hydrogen-bond donors (Lipinski definition) is 0. The van der Waals surface area contributed by atoms with E-state index in [0.717, 1.165) is 0 Å². The summed E-state index contributed by atoms with van der Waals surface area (Å²) in [6.45, 7) is 11.2. The molecule has 0 aliphatic rings. The summed E-state index contributed by atoms with van der Waals surface area (Å²) in [4.78, 5) is 0. The molecule has 3 aromatic carbocycles. The molecule has 0 aromatic heterocycles. The van der Waals surface area contributed by atoms with Gasteiger partial charge in [0.25, 0.3) is 0 Å². The molecule has 142 valence electrons. The molecule has 0 radical (unpaired) electrons. The van der Waals surface area contributed by atoms with Gasteiger partial charge in [-0.25, -0.2) is 0 Å². The van der Waals surface area contributed by atoms with Crippen LogP contribution in [0.15, 0.2) is 72.8 Å². The molecule has 0 N–H and O–H groups in total. The van der Waals surface area contributed by atoms with E-state index in [9.17, 15) is 0 Å². The van der Waals surface area contributed by atoms with E-state index < -0.39 is 4.25 Å². The molecule has 2 heteroatoms. The van der Waals surface area contributed by atoms with Gasteiger partial charge >= 0.3 is 178 Å². The second-order valence-electron chi connectivity index (χ2n) is 8.27. The zero-order valence-electron chi connectivity index (χ0n) is 17.0. The van der Waals surface area contributed by atoms with Crippen LogP contribution in [-0.4, -0.2) is 6.16 Å². The summed E-state index contributed by atoms with van der Waals surface area (Å²) in [5.41, 5.74) is 3.95. The van der Waals surface area contributed by atoms with Crippen LogP contribution in [0.25, 0.3) is 0 Å². The normalized spacial score (nSPS) is 13.4. The zero-order chi connectivity index (χ0) is 19.7. The molecule has 0 fully saturated rings. The molecule has 0 atom stereocenters. The van der Waals surface area contributed by atoms with Crippen molar-refractivity contribution in [3.05, 3.63) is 89.5 Å².